The minimum Gasteiger partial charge on any atom is -0.326 e. The normalized spacial score (nSPS) is 17.3. The third-order valence-electron chi connectivity index (χ3n) is 5.83. The van der Waals surface area contributed by atoms with Crippen LogP contribution in [0.25, 0.3) is 11.0 Å². The maximum absolute atomic E-state index is 12.5. The summed E-state index contributed by atoms with van der Waals surface area (Å²) in [6.45, 7) is 4.58. The van der Waals surface area contributed by atoms with E-state index in [0.717, 1.165) is 18.8 Å². The van der Waals surface area contributed by atoms with Crippen molar-refractivity contribution in [3.05, 3.63) is 52.7 Å². The van der Waals surface area contributed by atoms with Gasteiger partial charge in [0.2, 0.25) is 5.91 Å². The number of piperidine rings is 1. The summed E-state index contributed by atoms with van der Waals surface area (Å²) in [5, 5.41) is 7.47. The molecule has 0 spiro atoms. The molecular weight excluding hydrogens is 380 g/mol. The molecule has 0 unspecified atom stereocenters. The second kappa shape index (κ2) is 8.79. The monoisotopic (exact) mass is 408 g/mol. The average molecular weight is 409 g/mol. The van der Waals surface area contributed by atoms with Crippen LogP contribution in [-0.2, 0) is 24.9 Å². The van der Waals surface area contributed by atoms with Crippen LogP contribution in [0.5, 0.6) is 0 Å². The molecule has 0 saturated carbocycles. The molecule has 0 radical (unpaired) electrons. The van der Waals surface area contributed by atoms with Crippen LogP contribution in [0.15, 0.2) is 41.6 Å². The molecule has 158 valence electrons. The molecule has 1 amide bonds. The van der Waals surface area contributed by atoms with Crippen molar-refractivity contribution in [2.45, 2.75) is 51.7 Å². The number of nitrogens with one attached hydrogen (secondary N) is 1. The quantitative estimate of drug-likeness (QED) is 0.678. The Labute approximate surface area is 175 Å². The van der Waals surface area contributed by atoms with Crippen molar-refractivity contribution in [2.75, 3.05) is 11.9 Å². The molecular formula is C22H28N6O2. The van der Waals surface area contributed by atoms with E-state index in [-0.39, 0.29) is 24.4 Å². The van der Waals surface area contributed by atoms with E-state index in [9.17, 15) is 9.59 Å². The highest BCUT2D eigenvalue weighted by molar-refractivity contribution is 5.90. The molecule has 1 aliphatic heterocycles. The summed E-state index contributed by atoms with van der Waals surface area (Å²) >= 11 is 0. The van der Waals surface area contributed by atoms with E-state index in [1.807, 2.05) is 18.2 Å². The van der Waals surface area contributed by atoms with Gasteiger partial charge in [-0.1, -0.05) is 18.6 Å². The fourth-order valence-corrected chi connectivity index (χ4v) is 4.05. The van der Waals surface area contributed by atoms with Crippen LogP contribution in [0.1, 0.15) is 38.2 Å². The Morgan fingerprint density at radius 2 is 2.17 bits per heavy atom. The molecule has 1 atom stereocenters. The van der Waals surface area contributed by atoms with Crippen LogP contribution in [-0.4, -0.2) is 42.7 Å². The molecule has 1 fully saturated rings. The van der Waals surface area contributed by atoms with Gasteiger partial charge in [0.15, 0.2) is 5.65 Å². The van der Waals surface area contributed by atoms with Gasteiger partial charge in [0.05, 0.1) is 12.5 Å². The first-order chi connectivity index (χ1) is 14.5. The number of aryl methyl sites for hydroxylation is 2. The number of benzene rings is 1. The Bertz CT molecular complexity index is 1100. The minimum absolute atomic E-state index is 0.128. The molecule has 1 aromatic carbocycles. The third-order valence-corrected chi connectivity index (χ3v) is 5.83. The fourth-order valence-electron chi connectivity index (χ4n) is 4.05. The van der Waals surface area contributed by atoms with E-state index in [1.54, 1.807) is 11.7 Å². The Balaban J connectivity index is 1.36. The van der Waals surface area contributed by atoms with Gasteiger partial charge in [0.1, 0.15) is 5.39 Å². The lowest BCUT2D eigenvalue weighted by Crippen LogP contribution is -2.36. The minimum atomic E-state index is -0.182. The highest BCUT2D eigenvalue weighted by Crippen LogP contribution is 2.20. The molecule has 0 aliphatic carbocycles. The predicted molar refractivity (Wildman–Crippen MR) is 116 cm³/mol. The summed E-state index contributed by atoms with van der Waals surface area (Å²) < 4.78 is 3.02. The standard InChI is InChI=1S/C22H28N6O2/c1-16-6-3-4-10-27(16)14-17-7-5-8-18(12-17)25-20(29)9-11-28-15-23-21-19(22(28)30)13-24-26(21)2/h5,7-8,12-13,15-16H,3-4,6,9-11,14H2,1-2H3,(H,25,29)/t16-/m0/s1. The maximum Gasteiger partial charge on any atom is 0.264 e. The molecule has 0 bridgehead atoms. The van der Waals surface area contributed by atoms with Crippen molar-refractivity contribution < 1.29 is 4.79 Å². The highest BCUT2D eigenvalue weighted by Gasteiger charge is 2.18. The second-order valence-electron chi connectivity index (χ2n) is 8.06. The first-order valence-corrected chi connectivity index (χ1v) is 10.5. The van der Waals surface area contributed by atoms with Crippen LogP contribution < -0.4 is 10.9 Å². The van der Waals surface area contributed by atoms with E-state index in [1.165, 1.54) is 41.9 Å². The summed E-state index contributed by atoms with van der Waals surface area (Å²) in [5.41, 5.74) is 2.35. The number of carbonyl (C=O) groups excluding carboxylic acids is 1. The van der Waals surface area contributed by atoms with Crippen molar-refractivity contribution in [3.63, 3.8) is 0 Å². The Morgan fingerprint density at radius 3 is 3.00 bits per heavy atom. The first-order valence-electron chi connectivity index (χ1n) is 10.5. The smallest absolute Gasteiger partial charge is 0.264 e. The van der Waals surface area contributed by atoms with Gasteiger partial charge in [0.25, 0.3) is 5.56 Å². The SMILES string of the molecule is C[C@H]1CCCCN1Cc1cccc(NC(=O)CCn2cnc3c(cnn3C)c2=O)c1. The van der Waals surface area contributed by atoms with Gasteiger partial charge in [-0.3, -0.25) is 23.7 Å². The number of aromatic nitrogens is 4. The van der Waals surface area contributed by atoms with Gasteiger partial charge < -0.3 is 5.32 Å². The largest absolute Gasteiger partial charge is 0.326 e. The number of hydrogen-bond acceptors (Lipinski definition) is 5. The summed E-state index contributed by atoms with van der Waals surface area (Å²) in [6.07, 6.45) is 6.98. The molecule has 1 aliphatic rings. The predicted octanol–water partition coefficient (Wildman–Crippen LogP) is 2.53. The van der Waals surface area contributed by atoms with Crippen LogP contribution in [0.3, 0.4) is 0 Å². The summed E-state index contributed by atoms with van der Waals surface area (Å²) in [6, 6.07) is 8.61. The van der Waals surface area contributed by atoms with Gasteiger partial charge in [-0.15, -0.1) is 0 Å². The lowest BCUT2D eigenvalue weighted by atomic mass is 10.0. The van der Waals surface area contributed by atoms with Crippen molar-refractivity contribution in [1.82, 2.24) is 24.2 Å². The zero-order valence-corrected chi connectivity index (χ0v) is 17.5. The van der Waals surface area contributed by atoms with E-state index in [0.29, 0.717) is 17.1 Å². The molecule has 3 aromatic rings. The Hall–Kier alpha value is -3.00. The van der Waals surface area contributed by atoms with E-state index in [2.05, 4.69) is 33.3 Å². The molecule has 1 saturated heterocycles. The lowest BCUT2D eigenvalue weighted by molar-refractivity contribution is -0.116. The molecule has 3 heterocycles. The highest BCUT2D eigenvalue weighted by atomic mass is 16.2. The van der Waals surface area contributed by atoms with Gasteiger partial charge in [-0.2, -0.15) is 5.10 Å². The molecule has 2 aromatic heterocycles. The van der Waals surface area contributed by atoms with Gasteiger partial charge >= 0.3 is 0 Å². The van der Waals surface area contributed by atoms with Crippen molar-refractivity contribution >= 4 is 22.6 Å². The number of hydrogen-bond donors (Lipinski definition) is 1. The summed E-state index contributed by atoms with van der Waals surface area (Å²) in [7, 11) is 1.74. The average Bonchev–Trinajstić information content (AvgIpc) is 3.11. The van der Waals surface area contributed by atoms with Gasteiger partial charge in [0, 0.05) is 38.3 Å². The molecule has 1 N–H and O–H groups in total. The third kappa shape index (κ3) is 4.43. The van der Waals surface area contributed by atoms with E-state index < -0.39 is 0 Å². The van der Waals surface area contributed by atoms with Gasteiger partial charge in [-0.25, -0.2) is 4.98 Å². The van der Waals surface area contributed by atoms with Crippen LogP contribution in [0, 0.1) is 0 Å². The fraction of sp³-hybridized carbons (Fsp3) is 0.455. The molecule has 30 heavy (non-hydrogen) atoms. The summed E-state index contributed by atoms with van der Waals surface area (Å²) in [4.78, 5) is 31.7. The number of fused-ring (bicyclic) bond motifs is 1. The number of carbonyl (C=O) groups is 1. The molecule has 8 heteroatoms. The van der Waals surface area contributed by atoms with Crippen molar-refractivity contribution in [3.8, 4) is 0 Å². The number of amides is 1. The number of anilines is 1. The number of likely N-dealkylation sites (tertiary alicyclic amines) is 1. The topological polar surface area (TPSA) is 85.1 Å². The maximum atomic E-state index is 12.5. The lowest BCUT2D eigenvalue weighted by Gasteiger charge is -2.33. The van der Waals surface area contributed by atoms with Crippen LogP contribution >= 0.6 is 0 Å². The Kier molecular flexibility index (Phi) is 5.94. The molecule has 8 nitrogen and oxygen atoms in total. The zero-order chi connectivity index (χ0) is 21.1. The van der Waals surface area contributed by atoms with Crippen molar-refractivity contribution in [2.24, 2.45) is 7.05 Å². The first kappa shape index (κ1) is 20.3. The van der Waals surface area contributed by atoms with Crippen LogP contribution in [0.2, 0.25) is 0 Å². The number of nitrogens with zero attached hydrogens (tertiary/aromatic N) is 5. The summed E-state index contributed by atoms with van der Waals surface area (Å²) in [5.74, 6) is -0.128. The second-order valence-corrected chi connectivity index (χ2v) is 8.06. The van der Waals surface area contributed by atoms with Crippen molar-refractivity contribution in [1.29, 1.82) is 0 Å². The zero-order valence-electron chi connectivity index (χ0n) is 17.5. The molecule has 4 rings (SSSR count). The Morgan fingerprint density at radius 1 is 1.30 bits per heavy atom. The van der Waals surface area contributed by atoms with E-state index >= 15 is 0 Å². The van der Waals surface area contributed by atoms with Crippen LogP contribution in [0.4, 0.5) is 5.69 Å². The van der Waals surface area contributed by atoms with E-state index in [4.69, 9.17) is 0 Å². The number of rotatable bonds is 6. The van der Waals surface area contributed by atoms with Gasteiger partial charge in [-0.05, 0) is 44.0 Å².